The maximum absolute atomic E-state index is 11.0. The fourth-order valence-corrected chi connectivity index (χ4v) is 13.1. The molecule has 134 valence electrons. The molecule has 0 aromatic carbocycles. The minimum Gasteiger partial charge on any atom is -0.288 e. The molecule has 0 aliphatic carbocycles. The molecule has 24 heavy (non-hydrogen) atoms. The number of hydrogen-bond acceptors (Lipinski definition) is 10. The molecule has 2 aliphatic heterocycles. The lowest BCUT2D eigenvalue weighted by Gasteiger charge is -2.03. The summed E-state index contributed by atoms with van der Waals surface area (Å²) in [4.78, 5) is 11.0. The van der Waals surface area contributed by atoms with E-state index < -0.39 is 0 Å². The first kappa shape index (κ1) is 22.3. The van der Waals surface area contributed by atoms with Gasteiger partial charge in [0.05, 0.1) is 25.4 Å². The number of carbonyl (C=O) groups excluding carboxylic acids is 1. The van der Waals surface area contributed by atoms with Gasteiger partial charge in [-0.1, -0.05) is 58.8 Å². The molecule has 2 heterocycles. The van der Waals surface area contributed by atoms with Crippen molar-refractivity contribution in [2.75, 3.05) is 30.3 Å². The molecule has 0 bridgehead atoms. The summed E-state index contributed by atoms with van der Waals surface area (Å²) in [5, 5.41) is 0.221. The van der Waals surface area contributed by atoms with Crippen LogP contribution in [0.5, 0.6) is 0 Å². The lowest BCUT2D eigenvalue weighted by atomic mass is 10.6. The van der Waals surface area contributed by atoms with Gasteiger partial charge in [0, 0.05) is 12.7 Å². The lowest BCUT2D eigenvalue weighted by Crippen LogP contribution is -1.88. The van der Waals surface area contributed by atoms with Crippen molar-refractivity contribution >= 4 is 111 Å². The molecular formula is C14H18OS9. The van der Waals surface area contributed by atoms with Gasteiger partial charge in [0.25, 0.3) is 0 Å². The van der Waals surface area contributed by atoms with Crippen LogP contribution in [-0.4, -0.2) is 35.4 Å². The summed E-state index contributed by atoms with van der Waals surface area (Å²) < 4.78 is 8.61. The Morgan fingerprint density at radius 2 is 1.25 bits per heavy atom. The first-order chi connectivity index (χ1) is 11.6. The smallest absolute Gasteiger partial charge is 0.185 e. The molecule has 0 amide bonds. The maximum atomic E-state index is 11.0. The number of thioether (sulfide) groups is 9. The van der Waals surface area contributed by atoms with Gasteiger partial charge >= 0.3 is 0 Å². The second-order valence-electron chi connectivity index (χ2n) is 4.29. The molecule has 0 saturated carbocycles. The van der Waals surface area contributed by atoms with E-state index in [0.717, 1.165) is 17.9 Å². The fraction of sp³-hybridized carbons (Fsp3) is 0.500. The minimum absolute atomic E-state index is 0.221. The van der Waals surface area contributed by atoms with Crippen LogP contribution >= 0.6 is 106 Å². The van der Waals surface area contributed by atoms with Gasteiger partial charge in [-0.05, 0) is 30.9 Å². The molecule has 0 radical (unpaired) electrons. The van der Waals surface area contributed by atoms with Crippen LogP contribution in [0.4, 0.5) is 0 Å². The van der Waals surface area contributed by atoms with E-state index in [9.17, 15) is 4.79 Å². The Hall–Kier alpha value is 2.04. The largest absolute Gasteiger partial charge is 0.288 e. The molecule has 0 aromatic heterocycles. The monoisotopic (exact) mass is 490 g/mol. The van der Waals surface area contributed by atoms with Crippen LogP contribution in [0.15, 0.2) is 25.4 Å². The van der Waals surface area contributed by atoms with Gasteiger partial charge in [0.1, 0.15) is 0 Å². The summed E-state index contributed by atoms with van der Waals surface area (Å²) >= 11 is 16.6. The van der Waals surface area contributed by atoms with Crippen LogP contribution in [0.25, 0.3) is 0 Å². The molecule has 0 fully saturated rings. The van der Waals surface area contributed by atoms with Crippen molar-refractivity contribution in [3.8, 4) is 0 Å². The van der Waals surface area contributed by atoms with Gasteiger partial charge in [-0.25, -0.2) is 0 Å². The first-order valence-corrected chi connectivity index (χ1v) is 15.8. The molecule has 2 aliphatic rings. The highest BCUT2D eigenvalue weighted by atomic mass is 32.3. The standard InChI is InChI=1S/C14H18OS9/c1-8(15)19-6-5-7-20-12-11(18-4)23-14(24-12)13-21-9(16-2)10(17-3)22-13/h5-7H2,1-4H3. The summed E-state index contributed by atoms with van der Waals surface area (Å²) in [5.41, 5.74) is 0. The number of hydrogen-bond donors (Lipinski definition) is 0. The SMILES string of the molecule is CSC1=C(SC)SC(=C2SC(SC)=C(SCCCSC(C)=O)S2)S1. The van der Waals surface area contributed by atoms with Crippen molar-refractivity contribution in [1.29, 1.82) is 0 Å². The van der Waals surface area contributed by atoms with Crippen LogP contribution in [-0.2, 0) is 4.79 Å². The van der Waals surface area contributed by atoms with E-state index in [2.05, 4.69) is 18.8 Å². The Labute approximate surface area is 183 Å². The zero-order valence-electron chi connectivity index (χ0n) is 13.7. The summed E-state index contributed by atoms with van der Waals surface area (Å²) in [6.45, 7) is 1.64. The summed E-state index contributed by atoms with van der Waals surface area (Å²) in [6, 6.07) is 0. The molecule has 10 heteroatoms. The van der Waals surface area contributed by atoms with Gasteiger partial charge in [-0.3, -0.25) is 4.79 Å². The summed E-state index contributed by atoms with van der Waals surface area (Å²) in [6.07, 6.45) is 7.56. The van der Waals surface area contributed by atoms with Crippen LogP contribution in [0, 0.1) is 0 Å². The van der Waals surface area contributed by atoms with Crippen LogP contribution in [0.2, 0.25) is 0 Å². The Kier molecular flexibility index (Phi) is 11.0. The highest BCUT2D eigenvalue weighted by Gasteiger charge is 2.29. The van der Waals surface area contributed by atoms with E-state index in [1.54, 1.807) is 6.92 Å². The van der Waals surface area contributed by atoms with Gasteiger partial charge in [0.15, 0.2) is 5.12 Å². The lowest BCUT2D eigenvalue weighted by molar-refractivity contribution is -0.109. The molecule has 2 rings (SSSR count). The van der Waals surface area contributed by atoms with E-state index >= 15 is 0 Å². The van der Waals surface area contributed by atoms with E-state index in [4.69, 9.17) is 0 Å². The zero-order valence-corrected chi connectivity index (χ0v) is 21.1. The molecule has 0 N–H and O–H groups in total. The summed E-state index contributed by atoms with van der Waals surface area (Å²) in [7, 11) is 0. The highest BCUT2D eigenvalue weighted by molar-refractivity contribution is 8.44. The van der Waals surface area contributed by atoms with Crippen molar-refractivity contribution in [1.82, 2.24) is 0 Å². The van der Waals surface area contributed by atoms with Crippen molar-refractivity contribution in [3.05, 3.63) is 25.4 Å². The molecule has 0 aromatic rings. The van der Waals surface area contributed by atoms with Crippen molar-refractivity contribution in [3.63, 3.8) is 0 Å². The van der Waals surface area contributed by atoms with E-state index in [0.29, 0.717) is 0 Å². The van der Waals surface area contributed by atoms with E-state index in [1.807, 2.05) is 94.1 Å². The zero-order chi connectivity index (χ0) is 17.5. The van der Waals surface area contributed by atoms with Crippen LogP contribution < -0.4 is 0 Å². The Bertz CT molecular complexity index is 561. The second kappa shape index (κ2) is 11.8. The molecule has 0 saturated heterocycles. The Balaban J connectivity index is 1.91. The molecular weight excluding hydrogens is 473 g/mol. The third-order valence-corrected chi connectivity index (χ3v) is 14.7. The normalized spacial score (nSPS) is 18.3. The third kappa shape index (κ3) is 6.58. The topological polar surface area (TPSA) is 17.1 Å². The van der Waals surface area contributed by atoms with Gasteiger partial charge in [-0.15, -0.1) is 47.0 Å². The first-order valence-electron chi connectivity index (χ1n) is 6.91. The quantitative estimate of drug-likeness (QED) is 0.312. The maximum Gasteiger partial charge on any atom is 0.185 e. The van der Waals surface area contributed by atoms with Crippen molar-refractivity contribution in [2.45, 2.75) is 13.3 Å². The Morgan fingerprint density at radius 3 is 1.71 bits per heavy atom. The molecule has 0 atom stereocenters. The van der Waals surface area contributed by atoms with E-state index in [1.165, 1.54) is 37.2 Å². The molecule has 0 unspecified atom stereocenters. The molecule has 1 nitrogen and oxygen atoms in total. The van der Waals surface area contributed by atoms with Crippen LogP contribution in [0.3, 0.4) is 0 Å². The molecule has 0 spiro atoms. The minimum atomic E-state index is 0.221. The fourth-order valence-electron chi connectivity index (χ4n) is 1.61. The van der Waals surface area contributed by atoms with Gasteiger partial charge in [0.2, 0.25) is 0 Å². The van der Waals surface area contributed by atoms with Gasteiger partial charge in [-0.2, -0.15) is 0 Å². The van der Waals surface area contributed by atoms with Crippen molar-refractivity contribution in [2.24, 2.45) is 0 Å². The predicted octanol–water partition coefficient (Wildman–Crippen LogP) is 7.82. The average molecular weight is 491 g/mol. The highest BCUT2D eigenvalue weighted by Crippen LogP contribution is 2.65. The van der Waals surface area contributed by atoms with E-state index in [-0.39, 0.29) is 5.12 Å². The average Bonchev–Trinajstić information content (AvgIpc) is 3.17. The Morgan fingerprint density at radius 1 is 0.792 bits per heavy atom. The van der Waals surface area contributed by atoms with Crippen LogP contribution in [0.1, 0.15) is 13.3 Å². The third-order valence-electron chi connectivity index (χ3n) is 2.62. The number of carbonyl (C=O) groups is 1. The second-order valence-corrected chi connectivity index (χ2v) is 14.7. The number of rotatable bonds is 8. The van der Waals surface area contributed by atoms with Crippen molar-refractivity contribution < 1.29 is 4.79 Å². The summed E-state index contributed by atoms with van der Waals surface area (Å²) in [5.74, 6) is 2.01. The van der Waals surface area contributed by atoms with Gasteiger partial charge < -0.3 is 0 Å². The predicted molar refractivity (Wildman–Crippen MR) is 132 cm³/mol.